The highest BCUT2D eigenvalue weighted by molar-refractivity contribution is 6.49. The van der Waals surface area contributed by atoms with Crippen LogP contribution in [0.4, 0.5) is 8.78 Å². The Bertz CT molecular complexity index is 607. The molecule has 0 amide bonds. The highest BCUT2D eigenvalue weighted by Crippen LogP contribution is 2.16. The van der Waals surface area contributed by atoms with Crippen molar-refractivity contribution in [2.45, 2.75) is 6.61 Å². The van der Waals surface area contributed by atoms with Crippen molar-refractivity contribution in [2.24, 2.45) is 0 Å². The molecule has 0 N–H and O–H groups in total. The molecule has 0 atom stereocenters. The third-order valence-electron chi connectivity index (χ3n) is 2.58. The average molecular weight is 276 g/mol. The smallest absolute Gasteiger partial charge is 0.387 e. The predicted octanol–water partition coefficient (Wildman–Crippen LogP) is 3.35. The number of hydrogen-bond donors (Lipinski definition) is 0. The van der Waals surface area contributed by atoms with Crippen molar-refractivity contribution in [3.63, 3.8) is 0 Å². The van der Waals surface area contributed by atoms with Gasteiger partial charge in [0, 0.05) is 11.1 Å². The summed E-state index contributed by atoms with van der Waals surface area (Å²) in [7, 11) is 0. The van der Waals surface area contributed by atoms with Gasteiger partial charge in [0.25, 0.3) is 0 Å². The van der Waals surface area contributed by atoms with Crippen molar-refractivity contribution in [2.75, 3.05) is 0 Å². The van der Waals surface area contributed by atoms with Crippen LogP contribution in [-0.2, 0) is 0 Å². The van der Waals surface area contributed by atoms with Gasteiger partial charge in [-0.3, -0.25) is 9.59 Å². The van der Waals surface area contributed by atoms with Gasteiger partial charge in [-0.05, 0) is 24.3 Å². The zero-order valence-corrected chi connectivity index (χ0v) is 10.3. The van der Waals surface area contributed by atoms with E-state index in [0.717, 1.165) is 0 Å². The maximum atomic E-state index is 12.0. The standard InChI is InChI=1S/C15H10F2O3/c16-15(17)20-12-8-6-11(7-9-12)14(19)13(18)10-4-2-1-3-5-10/h1-9,15H. The number of carbonyl (C=O) groups excluding carboxylic acids is 2. The third-order valence-corrected chi connectivity index (χ3v) is 2.58. The minimum atomic E-state index is -2.93. The van der Waals surface area contributed by atoms with Crippen LogP contribution < -0.4 is 4.74 Å². The largest absolute Gasteiger partial charge is 0.435 e. The minimum Gasteiger partial charge on any atom is -0.435 e. The van der Waals surface area contributed by atoms with E-state index in [-0.39, 0.29) is 16.9 Å². The second kappa shape index (κ2) is 6.06. The molecule has 2 aromatic rings. The molecule has 0 saturated heterocycles. The van der Waals surface area contributed by atoms with Gasteiger partial charge in [-0.25, -0.2) is 0 Å². The van der Waals surface area contributed by atoms with Crippen molar-refractivity contribution in [1.29, 1.82) is 0 Å². The summed E-state index contributed by atoms with van der Waals surface area (Å²) in [6.45, 7) is -2.93. The second-order valence-corrected chi connectivity index (χ2v) is 3.93. The summed E-state index contributed by atoms with van der Waals surface area (Å²) < 4.78 is 28.1. The van der Waals surface area contributed by atoms with Crippen LogP contribution >= 0.6 is 0 Å². The average Bonchev–Trinajstić information content (AvgIpc) is 2.47. The number of ketones is 2. The zero-order valence-electron chi connectivity index (χ0n) is 10.3. The highest BCUT2D eigenvalue weighted by Gasteiger charge is 2.18. The molecule has 0 unspecified atom stereocenters. The molecule has 0 aromatic heterocycles. The topological polar surface area (TPSA) is 43.4 Å². The molecule has 2 aromatic carbocycles. The second-order valence-electron chi connectivity index (χ2n) is 3.93. The van der Waals surface area contributed by atoms with Crippen molar-refractivity contribution < 1.29 is 23.1 Å². The van der Waals surface area contributed by atoms with Crippen molar-refractivity contribution in [3.05, 3.63) is 65.7 Å². The van der Waals surface area contributed by atoms with Gasteiger partial charge in [0.05, 0.1) is 0 Å². The van der Waals surface area contributed by atoms with Crippen LogP contribution in [0.3, 0.4) is 0 Å². The van der Waals surface area contributed by atoms with Gasteiger partial charge in [-0.2, -0.15) is 8.78 Å². The van der Waals surface area contributed by atoms with E-state index in [2.05, 4.69) is 4.74 Å². The van der Waals surface area contributed by atoms with Gasteiger partial charge < -0.3 is 4.74 Å². The molecule has 0 aliphatic rings. The molecule has 0 spiro atoms. The van der Waals surface area contributed by atoms with Crippen molar-refractivity contribution in [1.82, 2.24) is 0 Å². The summed E-state index contributed by atoms with van der Waals surface area (Å²) >= 11 is 0. The fraction of sp³-hybridized carbons (Fsp3) is 0.0667. The third kappa shape index (κ3) is 3.26. The van der Waals surface area contributed by atoms with E-state index in [4.69, 9.17) is 0 Å². The summed E-state index contributed by atoms with van der Waals surface area (Å²) in [6, 6.07) is 13.1. The first-order valence-electron chi connectivity index (χ1n) is 5.77. The summed E-state index contributed by atoms with van der Waals surface area (Å²) in [4.78, 5) is 23.8. The summed E-state index contributed by atoms with van der Waals surface area (Å²) in [5.41, 5.74) is 0.408. The minimum absolute atomic E-state index is 0.0660. The van der Waals surface area contributed by atoms with Crippen LogP contribution in [-0.4, -0.2) is 18.2 Å². The summed E-state index contributed by atoms with van der Waals surface area (Å²) in [5.74, 6) is -1.41. The lowest BCUT2D eigenvalue weighted by Crippen LogP contribution is -2.14. The number of Topliss-reactive ketones (excluding diaryl/α,β-unsaturated/α-hetero) is 2. The first-order chi connectivity index (χ1) is 9.58. The molecule has 5 heteroatoms. The highest BCUT2D eigenvalue weighted by atomic mass is 19.3. The number of rotatable bonds is 5. The molecule has 3 nitrogen and oxygen atoms in total. The van der Waals surface area contributed by atoms with E-state index in [1.807, 2.05) is 0 Å². The summed E-state index contributed by atoms with van der Waals surface area (Å²) in [5, 5.41) is 0. The van der Waals surface area contributed by atoms with E-state index < -0.39 is 18.2 Å². The van der Waals surface area contributed by atoms with Gasteiger partial charge in [-0.15, -0.1) is 0 Å². The fourth-order valence-corrected chi connectivity index (χ4v) is 1.64. The van der Waals surface area contributed by atoms with Gasteiger partial charge >= 0.3 is 6.61 Å². The van der Waals surface area contributed by atoms with Crippen LogP contribution in [0, 0.1) is 0 Å². The Labute approximate surface area is 113 Å². The number of hydrogen-bond acceptors (Lipinski definition) is 3. The lowest BCUT2D eigenvalue weighted by molar-refractivity contribution is -0.0498. The molecule has 0 bridgehead atoms. The first kappa shape index (κ1) is 13.9. The number of ether oxygens (including phenoxy) is 1. The zero-order chi connectivity index (χ0) is 14.5. The number of halogens is 2. The Morgan fingerprint density at radius 2 is 1.30 bits per heavy atom. The van der Waals surface area contributed by atoms with Gasteiger partial charge in [0.1, 0.15) is 5.75 Å². The molecule has 0 saturated carbocycles. The number of benzene rings is 2. The van der Waals surface area contributed by atoms with Crippen LogP contribution in [0.25, 0.3) is 0 Å². The quantitative estimate of drug-likeness (QED) is 0.621. The lowest BCUT2D eigenvalue weighted by atomic mass is 10.0. The molecule has 0 fully saturated rings. The Morgan fingerprint density at radius 1 is 0.800 bits per heavy atom. The Kier molecular flexibility index (Phi) is 4.20. The molecule has 102 valence electrons. The van der Waals surface area contributed by atoms with Gasteiger partial charge in [0.15, 0.2) is 0 Å². The molecule has 20 heavy (non-hydrogen) atoms. The Morgan fingerprint density at radius 3 is 1.80 bits per heavy atom. The van der Waals surface area contributed by atoms with Crippen LogP contribution in [0.5, 0.6) is 5.75 Å². The van der Waals surface area contributed by atoms with E-state index in [0.29, 0.717) is 0 Å². The molecule has 2 rings (SSSR count). The van der Waals surface area contributed by atoms with Crippen LogP contribution in [0.1, 0.15) is 20.7 Å². The predicted molar refractivity (Wildman–Crippen MR) is 68.2 cm³/mol. The van der Waals surface area contributed by atoms with E-state index >= 15 is 0 Å². The van der Waals surface area contributed by atoms with E-state index in [1.54, 1.807) is 18.2 Å². The van der Waals surface area contributed by atoms with E-state index in [9.17, 15) is 18.4 Å². The van der Waals surface area contributed by atoms with Crippen LogP contribution in [0.15, 0.2) is 54.6 Å². The Balaban J connectivity index is 2.15. The number of alkyl halides is 2. The fourth-order valence-electron chi connectivity index (χ4n) is 1.64. The maximum Gasteiger partial charge on any atom is 0.387 e. The maximum absolute atomic E-state index is 12.0. The molecule has 0 radical (unpaired) electrons. The summed E-state index contributed by atoms with van der Waals surface area (Å²) in [6.07, 6.45) is 0. The monoisotopic (exact) mass is 276 g/mol. The van der Waals surface area contributed by atoms with E-state index in [1.165, 1.54) is 36.4 Å². The molecule has 0 aliphatic carbocycles. The Hall–Kier alpha value is -2.56. The number of carbonyl (C=O) groups is 2. The van der Waals surface area contributed by atoms with Gasteiger partial charge in [0.2, 0.25) is 11.6 Å². The molecule has 0 heterocycles. The lowest BCUT2D eigenvalue weighted by Gasteiger charge is -2.05. The SMILES string of the molecule is O=C(C(=O)c1ccc(OC(F)F)cc1)c1ccccc1. The first-order valence-corrected chi connectivity index (χ1v) is 5.77. The molecule has 0 aliphatic heterocycles. The van der Waals surface area contributed by atoms with Crippen LogP contribution in [0.2, 0.25) is 0 Å². The van der Waals surface area contributed by atoms with Gasteiger partial charge in [-0.1, -0.05) is 30.3 Å². The van der Waals surface area contributed by atoms with Crippen molar-refractivity contribution >= 4 is 11.6 Å². The van der Waals surface area contributed by atoms with Crippen molar-refractivity contribution in [3.8, 4) is 5.75 Å². The normalized spacial score (nSPS) is 10.3. The molecular formula is C15H10F2O3. The molecular weight excluding hydrogens is 266 g/mol.